The lowest BCUT2D eigenvalue weighted by molar-refractivity contribution is -0.117. The minimum absolute atomic E-state index is 0.0167. The van der Waals surface area contributed by atoms with Crippen molar-refractivity contribution in [2.24, 2.45) is 0 Å². The molecule has 0 spiro atoms. The van der Waals surface area contributed by atoms with E-state index in [-0.39, 0.29) is 24.8 Å². The van der Waals surface area contributed by atoms with Crippen molar-refractivity contribution in [1.29, 1.82) is 0 Å². The molecule has 1 atom stereocenters. The summed E-state index contributed by atoms with van der Waals surface area (Å²) in [4.78, 5) is 31.3. The van der Waals surface area contributed by atoms with Gasteiger partial charge in [-0.25, -0.2) is 4.79 Å². The second-order valence-electron chi connectivity index (χ2n) is 8.73. The topological polar surface area (TPSA) is 83.6 Å². The fourth-order valence-electron chi connectivity index (χ4n) is 4.62. The molecular weight excluding hydrogens is 436 g/mol. The molecule has 2 aromatic rings. The highest BCUT2D eigenvalue weighted by atomic mass is 16.7. The lowest BCUT2D eigenvalue weighted by atomic mass is 10.1. The monoisotopic (exact) mass is 466 g/mol. The van der Waals surface area contributed by atoms with Gasteiger partial charge < -0.3 is 29.3 Å². The van der Waals surface area contributed by atoms with Crippen LogP contribution in [0.1, 0.15) is 18.9 Å². The number of carbonyl (C=O) groups excluding carboxylic acids is 2. The van der Waals surface area contributed by atoms with Gasteiger partial charge in [0.2, 0.25) is 12.7 Å². The lowest BCUT2D eigenvalue weighted by Crippen LogP contribution is -2.53. The quantitative estimate of drug-likeness (QED) is 0.704. The van der Waals surface area contributed by atoms with Crippen LogP contribution < -0.4 is 24.4 Å². The van der Waals surface area contributed by atoms with E-state index in [9.17, 15) is 9.59 Å². The van der Waals surface area contributed by atoms with Gasteiger partial charge in [0.05, 0.1) is 12.6 Å². The van der Waals surface area contributed by atoms with Gasteiger partial charge in [0, 0.05) is 51.4 Å². The van der Waals surface area contributed by atoms with Crippen LogP contribution in [0.25, 0.3) is 0 Å². The van der Waals surface area contributed by atoms with Crippen LogP contribution in [0.2, 0.25) is 0 Å². The van der Waals surface area contributed by atoms with Crippen LogP contribution in [0.5, 0.6) is 17.2 Å². The molecule has 0 aliphatic carbocycles. The minimum Gasteiger partial charge on any atom is -0.494 e. The second-order valence-corrected chi connectivity index (χ2v) is 8.73. The molecule has 3 amide bonds. The van der Waals surface area contributed by atoms with Crippen molar-refractivity contribution in [3.05, 3.63) is 48.0 Å². The maximum atomic E-state index is 12.8. The van der Waals surface area contributed by atoms with Crippen molar-refractivity contribution in [2.75, 3.05) is 51.0 Å². The summed E-state index contributed by atoms with van der Waals surface area (Å²) in [7, 11) is 0. The number of ether oxygens (including phenoxy) is 3. The Kier molecular flexibility index (Phi) is 6.44. The highest BCUT2D eigenvalue weighted by molar-refractivity contribution is 5.96. The predicted octanol–water partition coefficient (Wildman–Crippen LogP) is 2.45. The average molecular weight is 467 g/mol. The fourth-order valence-corrected chi connectivity index (χ4v) is 4.62. The Balaban J connectivity index is 1.09. The van der Waals surface area contributed by atoms with E-state index in [2.05, 4.69) is 16.3 Å². The van der Waals surface area contributed by atoms with E-state index in [0.717, 1.165) is 42.6 Å². The van der Waals surface area contributed by atoms with E-state index in [1.807, 2.05) is 48.2 Å². The molecular formula is C25H30N4O5. The number of urea groups is 1. The summed E-state index contributed by atoms with van der Waals surface area (Å²) in [6.07, 6.45) is 0.309. The Labute approximate surface area is 199 Å². The van der Waals surface area contributed by atoms with Crippen molar-refractivity contribution < 1.29 is 23.8 Å². The molecule has 3 aliphatic heterocycles. The largest absolute Gasteiger partial charge is 0.494 e. The number of nitrogens with zero attached hydrogens (tertiary/aromatic N) is 3. The number of anilines is 1. The SMILES string of the molecule is CCOc1ccc(N2C[C@H](NC(=O)N3CCN(Cc4ccc5c(c4)OCO5)CC3)CC2=O)cc1. The number of benzene rings is 2. The number of hydrogen-bond acceptors (Lipinski definition) is 6. The van der Waals surface area contributed by atoms with Crippen molar-refractivity contribution in [3.8, 4) is 17.2 Å². The molecule has 1 N–H and O–H groups in total. The molecule has 0 saturated carbocycles. The Morgan fingerprint density at radius 3 is 2.59 bits per heavy atom. The van der Waals surface area contributed by atoms with E-state index in [1.165, 1.54) is 5.56 Å². The molecule has 2 aromatic carbocycles. The highest BCUT2D eigenvalue weighted by Crippen LogP contribution is 2.33. The summed E-state index contributed by atoms with van der Waals surface area (Å²) in [5.74, 6) is 2.38. The molecule has 34 heavy (non-hydrogen) atoms. The van der Waals surface area contributed by atoms with Crippen LogP contribution in [0.4, 0.5) is 10.5 Å². The van der Waals surface area contributed by atoms with Gasteiger partial charge in [-0.2, -0.15) is 0 Å². The summed E-state index contributed by atoms with van der Waals surface area (Å²) in [6.45, 7) is 6.99. The lowest BCUT2D eigenvalue weighted by Gasteiger charge is -2.35. The van der Waals surface area contributed by atoms with Crippen LogP contribution in [0.3, 0.4) is 0 Å². The second kappa shape index (κ2) is 9.80. The molecule has 0 bridgehead atoms. The van der Waals surface area contributed by atoms with Gasteiger partial charge >= 0.3 is 6.03 Å². The smallest absolute Gasteiger partial charge is 0.317 e. The third-order valence-electron chi connectivity index (χ3n) is 6.41. The Morgan fingerprint density at radius 1 is 1.06 bits per heavy atom. The standard InChI is InChI=1S/C25H30N4O5/c1-2-32-21-6-4-20(5-7-21)29-16-19(14-24(29)30)26-25(31)28-11-9-27(10-12-28)15-18-3-8-22-23(13-18)34-17-33-22/h3-8,13,19H,2,9-12,14-17H2,1H3,(H,26,31)/t19-/m1/s1. The molecule has 2 saturated heterocycles. The molecule has 0 aromatic heterocycles. The fraction of sp³-hybridized carbons (Fsp3) is 0.440. The van der Waals surface area contributed by atoms with Crippen LogP contribution >= 0.6 is 0 Å². The predicted molar refractivity (Wildman–Crippen MR) is 126 cm³/mol. The van der Waals surface area contributed by atoms with Crippen LogP contribution in [-0.4, -0.2) is 73.9 Å². The number of fused-ring (bicyclic) bond motifs is 1. The minimum atomic E-state index is -0.196. The number of amides is 3. The van der Waals surface area contributed by atoms with Gasteiger partial charge in [0.15, 0.2) is 11.5 Å². The molecule has 0 radical (unpaired) electrons. The van der Waals surface area contributed by atoms with Crippen molar-refractivity contribution in [1.82, 2.24) is 15.1 Å². The highest BCUT2D eigenvalue weighted by Gasteiger charge is 2.33. The van der Waals surface area contributed by atoms with Crippen molar-refractivity contribution in [2.45, 2.75) is 25.9 Å². The van der Waals surface area contributed by atoms with E-state index in [4.69, 9.17) is 14.2 Å². The molecule has 180 valence electrons. The normalized spacial score (nSPS) is 20.0. The van der Waals surface area contributed by atoms with Gasteiger partial charge in [-0.05, 0) is 48.9 Å². The third-order valence-corrected chi connectivity index (χ3v) is 6.41. The average Bonchev–Trinajstić information content (AvgIpc) is 3.46. The number of hydrogen-bond donors (Lipinski definition) is 1. The number of piperazine rings is 1. The summed E-state index contributed by atoms with van der Waals surface area (Å²) in [6, 6.07) is 13.2. The van der Waals surface area contributed by atoms with Gasteiger partial charge in [0.1, 0.15) is 5.75 Å². The molecule has 5 rings (SSSR count). The Morgan fingerprint density at radius 2 is 1.82 bits per heavy atom. The first-order valence-electron chi connectivity index (χ1n) is 11.8. The van der Waals surface area contributed by atoms with Gasteiger partial charge in [-0.1, -0.05) is 6.07 Å². The van der Waals surface area contributed by atoms with Crippen LogP contribution in [-0.2, 0) is 11.3 Å². The number of rotatable bonds is 6. The molecule has 9 heteroatoms. The van der Waals surface area contributed by atoms with Crippen molar-refractivity contribution in [3.63, 3.8) is 0 Å². The summed E-state index contributed by atoms with van der Waals surface area (Å²) in [5, 5.41) is 3.05. The summed E-state index contributed by atoms with van der Waals surface area (Å²) in [5.41, 5.74) is 1.99. The zero-order valence-corrected chi connectivity index (χ0v) is 19.4. The zero-order chi connectivity index (χ0) is 23.5. The Hall–Kier alpha value is -3.46. The third kappa shape index (κ3) is 4.89. The van der Waals surface area contributed by atoms with Gasteiger partial charge in [-0.3, -0.25) is 9.69 Å². The molecule has 9 nitrogen and oxygen atoms in total. The summed E-state index contributed by atoms with van der Waals surface area (Å²) >= 11 is 0. The van der Waals surface area contributed by atoms with E-state index in [1.54, 1.807) is 4.90 Å². The molecule has 0 unspecified atom stereocenters. The molecule has 2 fully saturated rings. The maximum Gasteiger partial charge on any atom is 0.317 e. The summed E-state index contributed by atoms with van der Waals surface area (Å²) < 4.78 is 16.3. The van der Waals surface area contributed by atoms with E-state index < -0.39 is 0 Å². The van der Waals surface area contributed by atoms with E-state index in [0.29, 0.717) is 32.7 Å². The number of nitrogens with one attached hydrogen (secondary N) is 1. The van der Waals surface area contributed by atoms with Gasteiger partial charge in [-0.15, -0.1) is 0 Å². The van der Waals surface area contributed by atoms with E-state index >= 15 is 0 Å². The maximum absolute atomic E-state index is 12.8. The van der Waals surface area contributed by atoms with Crippen molar-refractivity contribution >= 4 is 17.6 Å². The Bertz CT molecular complexity index is 1040. The number of carbonyl (C=O) groups is 2. The first-order valence-corrected chi connectivity index (χ1v) is 11.8. The van der Waals surface area contributed by atoms with Crippen LogP contribution in [0.15, 0.2) is 42.5 Å². The molecule has 3 aliphatic rings. The zero-order valence-electron chi connectivity index (χ0n) is 19.4. The molecule has 3 heterocycles. The van der Waals surface area contributed by atoms with Crippen LogP contribution in [0, 0.1) is 0 Å². The first-order chi connectivity index (χ1) is 16.6. The first kappa shape index (κ1) is 22.3. The van der Waals surface area contributed by atoms with Gasteiger partial charge in [0.25, 0.3) is 0 Å².